The molecule has 1 amide bonds. The van der Waals surface area contributed by atoms with Crippen molar-refractivity contribution >= 4 is 46.3 Å². The van der Waals surface area contributed by atoms with Crippen molar-refractivity contribution in [1.82, 2.24) is 19.6 Å². The number of nitrogens with zero attached hydrogens (tertiary/aromatic N) is 4. The number of rotatable bonds is 6. The van der Waals surface area contributed by atoms with Gasteiger partial charge in [0.1, 0.15) is 0 Å². The highest BCUT2D eigenvalue weighted by Crippen LogP contribution is 2.28. The lowest BCUT2D eigenvalue weighted by atomic mass is 10.2. The van der Waals surface area contributed by atoms with Crippen LogP contribution < -0.4 is 5.32 Å². The lowest BCUT2D eigenvalue weighted by Crippen LogP contribution is -2.11. The molecule has 1 aromatic carbocycles. The fraction of sp³-hybridized carbons (Fsp3) is 0.150. The van der Waals surface area contributed by atoms with E-state index in [0.717, 1.165) is 6.07 Å². The van der Waals surface area contributed by atoms with Crippen LogP contribution in [0.3, 0.4) is 0 Å². The summed E-state index contributed by atoms with van der Waals surface area (Å²) in [5, 5.41) is 13.2. The molecule has 0 atom stereocenters. The Balaban J connectivity index is 1.39. The standard InChI is InChI=1S/C20H14Cl2F3N5OS/c21-14-2-1-3-15(22)13(14)10-30-7-5-18(28-30)26-19(31)16-8-12(11-32-16)9-29-6-4-17(27-29)20(23,24)25/h1-8,11H,9-10H2,(H,26,28,31). The topological polar surface area (TPSA) is 64.7 Å². The Morgan fingerprint density at radius 3 is 2.41 bits per heavy atom. The van der Waals surface area contributed by atoms with Crippen LogP contribution in [0.4, 0.5) is 19.0 Å². The molecule has 12 heteroatoms. The van der Waals surface area contributed by atoms with Gasteiger partial charge in [0, 0.05) is 34.1 Å². The number of nitrogens with one attached hydrogen (secondary N) is 1. The van der Waals surface area contributed by atoms with E-state index in [4.69, 9.17) is 23.2 Å². The average Bonchev–Trinajstić information content (AvgIpc) is 3.46. The van der Waals surface area contributed by atoms with Crippen molar-refractivity contribution < 1.29 is 18.0 Å². The van der Waals surface area contributed by atoms with Gasteiger partial charge in [0.2, 0.25) is 0 Å². The van der Waals surface area contributed by atoms with Crippen LogP contribution in [0.25, 0.3) is 0 Å². The van der Waals surface area contributed by atoms with E-state index in [0.29, 0.717) is 38.4 Å². The van der Waals surface area contributed by atoms with Crippen LogP contribution in [-0.4, -0.2) is 25.5 Å². The second kappa shape index (κ2) is 8.97. The molecule has 0 aliphatic heterocycles. The van der Waals surface area contributed by atoms with E-state index in [1.54, 1.807) is 46.6 Å². The maximum atomic E-state index is 12.7. The number of hydrogen-bond donors (Lipinski definition) is 1. The summed E-state index contributed by atoms with van der Waals surface area (Å²) in [6.07, 6.45) is -1.56. The van der Waals surface area contributed by atoms with Gasteiger partial charge in [-0.3, -0.25) is 14.2 Å². The Hall–Kier alpha value is -2.82. The van der Waals surface area contributed by atoms with Gasteiger partial charge in [-0.2, -0.15) is 23.4 Å². The number of anilines is 1. The molecular weight excluding hydrogens is 486 g/mol. The molecule has 3 heterocycles. The average molecular weight is 500 g/mol. The molecule has 0 spiro atoms. The minimum atomic E-state index is -4.49. The normalized spacial score (nSPS) is 11.7. The number of aromatic nitrogens is 4. The summed E-state index contributed by atoms with van der Waals surface area (Å²) in [7, 11) is 0. The van der Waals surface area contributed by atoms with E-state index in [9.17, 15) is 18.0 Å². The van der Waals surface area contributed by atoms with Crippen molar-refractivity contribution in [3.05, 3.63) is 85.9 Å². The lowest BCUT2D eigenvalue weighted by Gasteiger charge is -2.07. The molecule has 0 bridgehead atoms. The van der Waals surface area contributed by atoms with Crippen LogP contribution >= 0.6 is 34.5 Å². The number of hydrogen-bond acceptors (Lipinski definition) is 4. The molecule has 0 saturated carbocycles. The summed E-state index contributed by atoms with van der Waals surface area (Å²) in [4.78, 5) is 12.9. The maximum absolute atomic E-state index is 12.7. The van der Waals surface area contributed by atoms with Crippen LogP contribution in [0.1, 0.15) is 26.5 Å². The van der Waals surface area contributed by atoms with Crippen LogP contribution in [0.2, 0.25) is 10.0 Å². The number of carbonyl (C=O) groups is 1. The van der Waals surface area contributed by atoms with Gasteiger partial charge in [-0.05, 0) is 35.2 Å². The number of thiophene rings is 1. The number of carbonyl (C=O) groups excluding carboxylic acids is 1. The third-order valence-electron chi connectivity index (χ3n) is 4.42. The summed E-state index contributed by atoms with van der Waals surface area (Å²) in [5.74, 6) is -0.0336. The summed E-state index contributed by atoms with van der Waals surface area (Å²) in [6.45, 7) is 0.453. The highest BCUT2D eigenvalue weighted by Gasteiger charge is 2.33. The van der Waals surface area contributed by atoms with E-state index in [2.05, 4.69) is 15.5 Å². The molecule has 6 nitrogen and oxygen atoms in total. The summed E-state index contributed by atoms with van der Waals surface area (Å²) in [5.41, 5.74) is 0.419. The van der Waals surface area contributed by atoms with E-state index < -0.39 is 11.9 Å². The largest absolute Gasteiger partial charge is 0.435 e. The molecule has 0 aliphatic rings. The minimum Gasteiger partial charge on any atom is -0.304 e. The number of benzene rings is 1. The molecule has 0 saturated heterocycles. The van der Waals surface area contributed by atoms with E-state index in [1.165, 1.54) is 22.2 Å². The summed E-state index contributed by atoms with van der Waals surface area (Å²) >= 11 is 13.5. The first-order valence-electron chi connectivity index (χ1n) is 9.15. The Morgan fingerprint density at radius 1 is 1.03 bits per heavy atom. The Labute approximate surface area is 194 Å². The highest BCUT2D eigenvalue weighted by molar-refractivity contribution is 7.12. The highest BCUT2D eigenvalue weighted by atomic mass is 35.5. The molecule has 0 fully saturated rings. The third kappa shape index (κ3) is 5.14. The fourth-order valence-corrected chi connectivity index (χ4v) is 4.22. The predicted molar refractivity (Wildman–Crippen MR) is 116 cm³/mol. The molecular formula is C20H14Cl2F3N5OS. The molecule has 32 heavy (non-hydrogen) atoms. The number of halogens is 5. The van der Waals surface area contributed by atoms with Crippen LogP contribution in [0, 0.1) is 0 Å². The molecule has 4 aromatic rings. The second-order valence-electron chi connectivity index (χ2n) is 6.77. The monoisotopic (exact) mass is 499 g/mol. The second-order valence-corrected chi connectivity index (χ2v) is 8.49. The van der Waals surface area contributed by atoms with Crippen LogP contribution in [-0.2, 0) is 19.3 Å². The van der Waals surface area contributed by atoms with Crippen molar-refractivity contribution in [2.24, 2.45) is 0 Å². The maximum Gasteiger partial charge on any atom is 0.435 e. The first-order chi connectivity index (χ1) is 15.2. The first kappa shape index (κ1) is 22.4. The predicted octanol–water partition coefficient (Wildman–Crippen LogP) is 5.82. The van der Waals surface area contributed by atoms with Crippen LogP contribution in [0.15, 0.2) is 54.2 Å². The van der Waals surface area contributed by atoms with Crippen molar-refractivity contribution in [3.63, 3.8) is 0 Å². The lowest BCUT2D eigenvalue weighted by molar-refractivity contribution is -0.141. The van der Waals surface area contributed by atoms with Gasteiger partial charge in [-0.25, -0.2) is 0 Å². The van der Waals surface area contributed by atoms with Gasteiger partial charge >= 0.3 is 6.18 Å². The van der Waals surface area contributed by atoms with Crippen molar-refractivity contribution in [2.45, 2.75) is 19.3 Å². The van der Waals surface area contributed by atoms with E-state index in [1.807, 2.05) is 0 Å². The van der Waals surface area contributed by atoms with E-state index >= 15 is 0 Å². The van der Waals surface area contributed by atoms with Gasteiger partial charge in [-0.1, -0.05) is 29.3 Å². The molecule has 4 rings (SSSR count). The zero-order valence-electron chi connectivity index (χ0n) is 16.1. The van der Waals surface area contributed by atoms with Gasteiger partial charge in [0.25, 0.3) is 5.91 Å². The quantitative estimate of drug-likeness (QED) is 0.363. The fourth-order valence-electron chi connectivity index (χ4n) is 2.91. The molecule has 166 valence electrons. The SMILES string of the molecule is O=C(Nc1ccn(Cc2c(Cl)cccc2Cl)n1)c1cc(Cn2ccc(C(F)(F)F)n2)cs1. The van der Waals surface area contributed by atoms with Gasteiger partial charge < -0.3 is 5.32 Å². The Morgan fingerprint density at radius 2 is 1.72 bits per heavy atom. The van der Waals surface area contributed by atoms with Crippen LogP contribution in [0.5, 0.6) is 0 Å². The zero-order chi connectivity index (χ0) is 22.9. The summed E-state index contributed by atoms with van der Waals surface area (Å²) in [6, 6.07) is 9.37. The molecule has 0 unspecified atom stereocenters. The smallest absolute Gasteiger partial charge is 0.304 e. The van der Waals surface area contributed by atoms with Crippen molar-refractivity contribution in [2.75, 3.05) is 5.32 Å². The van der Waals surface area contributed by atoms with Gasteiger partial charge in [-0.15, -0.1) is 11.3 Å². The van der Waals surface area contributed by atoms with Crippen molar-refractivity contribution in [3.8, 4) is 0 Å². The Bertz CT molecular complexity index is 1240. The molecule has 0 aliphatic carbocycles. The van der Waals surface area contributed by atoms with Crippen molar-refractivity contribution in [1.29, 1.82) is 0 Å². The molecule has 3 aromatic heterocycles. The number of amides is 1. The first-order valence-corrected chi connectivity index (χ1v) is 10.8. The van der Waals surface area contributed by atoms with Gasteiger partial charge in [0.15, 0.2) is 11.5 Å². The summed E-state index contributed by atoms with van der Waals surface area (Å²) < 4.78 is 40.8. The minimum absolute atomic E-state index is 0.118. The Kier molecular flexibility index (Phi) is 6.27. The van der Waals surface area contributed by atoms with E-state index in [-0.39, 0.29) is 12.5 Å². The van der Waals surface area contributed by atoms with Gasteiger partial charge in [0.05, 0.1) is 18.0 Å². The molecule has 1 N–H and O–H groups in total. The number of alkyl halides is 3. The zero-order valence-corrected chi connectivity index (χ0v) is 18.4. The third-order valence-corrected chi connectivity index (χ3v) is 6.10. The molecule has 0 radical (unpaired) electrons.